The summed E-state index contributed by atoms with van der Waals surface area (Å²) in [6.07, 6.45) is 9.79. The number of hydrogen-bond donors (Lipinski definition) is 2. The number of hydrogen-bond acceptors (Lipinski definition) is 9. The maximum absolute atomic E-state index is 13.9. The minimum Gasteiger partial charge on any atom is -0.493 e. The molecule has 2 N–H and O–H groups in total. The van der Waals surface area contributed by atoms with Gasteiger partial charge in [-0.25, -0.2) is 13.2 Å². The van der Waals surface area contributed by atoms with Gasteiger partial charge in [0.05, 0.1) is 42.3 Å². The molecule has 12 nitrogen and oxygen atoms in total. The summed E-state index contributed by atoms with van der Waals surface area (Å²) in [5, 5.41) is 5.60. The first-order chi connectivity index (χ1) is 25.5. The molecule has 0 aliphatic carbocycles. The molecule has 1 heterocycles. The molecule has 1 atom stereocenters. The fourth-order valence-electron chi connectivity index (χ4n) is 6.29. The van der Waals surface area contributed by atoms with E-state index in [9.17, 15) is 27.6 Å². The van der Waals surface area contributed by atoms with E-state index in [0.29, 0.717) is 36.6 Å². The number of amides is 4. The van der Waals surface area contributed by atoms with E-state index in [1.807, 2.05) is 30.3 Å². The smallest absolute Gasteiger partial charge is 0.407 e. The molecule has 13 heteroatoms. The summed E-state index contributed by atoms with van der Waals surface area (Å²) in [4.78, 5) is 53.3. The number of fused-ring (bicyclic) bond motifs is 1. The standard InChI is InChI=1S/C40H51N3O9S/c1-4-51-35-26-30(23-24-34(35)50-2)33(28-53(3,48)49)43-38(45)31-20-17-21-32(37(31)39(43)46)42-36(44)22-15-10-8-6-5-7-9-11-16-25-41-40(47)52-27-29-18-13-12-14-19-29/h12-14,17-21,23-24,26,33H,4-11,15-16,22,25,27-28H2,1-3H3,(H,41,47)(H,42,44)/t33-/m1/s1. The van der Waals surface area contributed by atoms with Crippen LogP contribution >= 0.6 is 0 Å². The summed E-state index contributed by atoms with van der Waals surface area (Å²) >= 11 is 0. The van der Waals surface area contributed by atoms with E-state index < -0.39 is 39.5 Å². The number of unbranched alkanes of at least 4 members (excludes halogenated alkanes) is 8. The summed E-state index contributed by atoms with van der Waals surface area (Å²) in [5.41, 5.74) is 1.71. The third-order valence-corrected chi connectivity index (χ3v) is 9.85. The average Bonchev–Trinajstić information content (AvgIpc) is 3.39. The first-order valence-corrected chi connectivity index (χ1v) is 20.3. The van der Waals surface area contributed by atoms with E-state index >= 15 is 0 Å². The van der Waals surface area contributed by atoms with Crippen molar-refractivity contribution in [3.8, 4) is 11.5 Å². The fourth-order valence-corrected chi connectivity index (χ4v) is 7.21. The second kappa shape index (κ2) is 20.4. The molecule has 0 saturated carbocycles. The molecule has 53 heavy (non-hydrogen) atoms. The van der Waals surface area contributed by atoms with E-state index in [-0.39, 0.29) is 35.7 Å². The van der Waals surface area contributed by atoms with Crippen molar-refractivity contribution in [2.24, 2.45) is 0 Å². The van der Waals surface area contributed by atoms with Crippen molar-refractivity contribution in [2.75, 3.05) is 37.6 Å². The lowest BCUT2D eigenvalue weighted by Crippen LogP contribution is -2.37. The van der Waals surface area contributed by atoms with E-state index in [0.717, 1.165) is 68.1 Å². The van der Waals surface area contributed by atoms with Crippen LogP contribution < -0.4 is 20.1 Å². The molecule has 286 valence electrons. The molecule has 0 fully saturated rings. The summed E-state index contributed by atoms with van der Waals surface area (Å²) in [6.45, 7) is 2.97. The number of carbonyl (C=O) groups excluding carboxylic acids is 4. The number of nitrogens with zero attached hydrogens (tertiary/aromatic N) is 1. The maximum atomic E-state index is 13.9. The van der Waals surface area contributed by atoms with Gasteiger partial charge < -0.3 is 24.8 Å². The van der Waals surface area contributed by atoms with Gasteiger partial charge in [-0.3, -0.25) is 19.3 Å². The van der Waals surface area contributed by atoms with Crippen molar-refractivity contribution >= 4 is 39.3 Å². The molecule has 1 aliphatic rings. The minimum absolute atomic E-state index is 0.0432. The van der Waals surface area contributed by atoms with Gasteiger partial charge in [0, 0.05) is 19.2 Å². The first kappa shape index (κ1) is 40.9. The number of methoxy groups -OCH3 is 1. The van der Waals surface area contributed by atoms with Crippen molar-refractivity contribution < 1.29 is 41.8 Å². The number of anilines is 1. The second-order valence-electron chi connectivity index (χ2n) is 13.1. The Morgan fingerprint density at radius 2 is 1.49 bits per heavy atom. The van der Waals surface area contributed by atoms with Gasteiger partial charge in [0.2, 0.25) is 5.91 Å². The topological polar surface area (TPSA) is 157 Å². The van der Waals surface area contributed by atoms with Crippen LogP contribution in [0, 0.1) is 0 Å². The quantitative estimate of drug-likeness (QED) is 0.0798. The summed E-state index contributed by atoms with van der Waals surface area (Å²) < 4.78 is 41.3. The molecule has 0 bridgehead atoms. The highest BCUT2D eigenvalue weighted by Gasteiger charge is 2.43. The third kappa shape index (κ3) is 12.3. The lowest BCUT2D eigenvalue weighted by atomic mass is 10.1. The maximum Gasteiger partial charge on any atom is 0.407 e. The predicted molar refractivity (Wildman–Crippen MR) is 203 cm³/mol. The zero-order valence-electron chi connectivity index (χ0n) is 30.9. The minimum atomic E-state index is -3.65. The number of rotatable bonds is 22. The van der Waals surface area contributed by atoms with Gasteiger partial charge in [0.15, 0.2) is 11.5 Å². The number of carbonyl (C=O) groups is 4. The summed E-state index contributed by atoms with van der Waals surface area (Å²) in [6, 6.07) is 17.9. The molecular weight excluding hydrogens is 699 g/mol. The number of benzene rings is 3. The number of nitrogens with one attached hydrogen (secondary N) is 2. The molecule has 3 aromatic carbocycles. The largest absolute Gasteiger partial charge is 0.493 e. The monoisotopic (exact) mass is 749 g/mol. The Kier molecular flexibility index (Phi) is 15.7. The Hall–Kier alpha value is -4.91. The van der Waals surface area contributed by atoms with Crippen molar-refractivity contribution in [3.05, 3.63) is 89.0 Å². The third-order valence-electron chi connectivity index (χ3n) is 8.93. The second-order valence-corrected chi connectivity index (χ2v) is 15.3. The number of imide groups is 1. The van der Waals surface area contributed by atoms with Gasteiger partial charge >= 0.3 is 6.09 Å². The van der Waals surface area contributed by atoms with Crippen LogP contribution in [0.2, 0.25) is 0 Å². The predicted octanol–water partition coefficient (Wildman–Crippen LogP) is 7.24. The van der Waals surface area contributed by atoms with Gasteiger partial charge in [-0.15, -0.1) is 0 Å². The molecule has 0 radical (unpaired) electrons. The molecule has 3 aromatic rings. The normalized spacial score (nSPS) is 13.0. The van der Waals surface area contributed by atoms with Crippen LogP contribution in [-0.2, 0) is 26.0 Å². The molecular formula is C40H51N3O9S. The Labute approximate surface area is 312 Å². The van der Waals surface area contributed by atoms with Crippen molar-refractivity contribution in [2.45, 2.75) is 83.8 Å². The lowest BCUT2D eigenvalue weighted by Gasteiger charge is -2.27. The Morgan fingerprint density at radius 3 is 2.15 bits per heavy atom. The van der Waals surface area contributed by atoms with Gasteiger partial charge in [-0.05, 0) is 55.2 Å². The lowest BCUT2D eigenvalue weighted by molar-refractivity contribution is -0.116. The van der Waals surface area contributed by atoms with E-state index in [4.69, 9.17) is 14.2 Å². The van der Waals surface area contributed by atoms with Gasteiger partial charge in [0.1, 0.15) is 16.4 Å². The number of sulfone groups is 1. The van der Waals surface area contributed by atoms with Crippen LogP contribution in [0.15, 0.2) is 66.7 Å². The van der Waals surface area contributed by atoms with Gasteiger partial charge in [-0.2, -0.15) is 0 Å². The van der Waals surface area contributed by atoms with Gasteiger partial charge in [0.25, 0.3) is 11.8 Å². The Morgan fingerprint density at radius 1 is 0.811 bits per heavy atom. The molecule has 0 unspecified atom stereocenters. The van der Waals surface area contributed by atoms with E-state index in [1.54, 1.807) is 37.3 Å². The molecule has 0 saturated heterocycles. The average molecular weight is 750 g/mol. The summed E-state index contributed by atoms with van der Waals surface area (Å²) in [7, 11) is -2.17. The van der Waals surface area contributed by atoms with Gasteiger partial charge in [-0.1, -0.05) is 87.4 Å². The van der Waals surface area contributed by atoms with Crippen LogP contribution in [0.1, 0.15) is 109 Å². The zero-order valence-corrected chi connectivity index (χ0v) is 31.7. The zero-order chi connectivity index (χ0) is 38.2. The van der Waals surface area contributed by atoms with Crippen LogP contribution in [0.5, 0.6) is 11.5 Å². The number of alkyl carbamates (subject to hydrolysis) is 1. The highest BCUT2D eigenvalue weighted by atomic mass is 32.2. The van der Waals surface area contributed by atoms with Crippen LogP contribution in [0.3, 0.4) is 0 Å². The Bertz CT molecular complexity index is 1820. The molecule has 4 amide bonds. The molecule has 0 spiro atoms. The molecule has 0 aromatic heterocycles. The van der Waals surface area contributed by atoms with Crippen LogP contribution in [0.4, 0.5) is 10.5 Å². The van der Waals surface area contributed by atoms with Crippen molar-refractivity contribution in [1.82, 2.24) is 10.2 Å². The number of ether oxygens (including phenoxy) is 3. The SMILES string of the molecule is CCOc1cc([C@@H](CS(C)(=O)=O)N2C(=O)c3cccc(NC(=O)CCCCCCCCCCCNC(=O)OCc4ccccc4)c3C2=O)ccc1OC. The summed E-state index contributed by atoms with van der Waals surface area (Å²) in [5.74, 6) is -1.29. The first-order valence-electron chi connectivity index (χ1n) is 18.3. The fraction of sp³-hybridized carbons (Fsp3) is 0.450. The van der Waals surface area contributed by atoms with E-state index in [1.165, 1.54) is 13.2 Å². The Balaban J connectivity index is 1.19. The molecule has 4 rings (SSSR count). The molecule has 1 aliphatic heterocycles. The highest BCUT2D eigenvalue weighted by molar-refractivity contribution is 7.90. The highest BCUT2D eigenvalue weighted by Crippen LogP contribution is 2.38. The van der Waals surface area contributed by atoms with E-state index in [2.05, 4.69) is 10.6 Å². The van der Waals surface area contributed by atoms with Crippen molar-refractivity contribution in [3.63, 3.8) is 0 Å². The van der Waals surface area contributed by atoms with Crippen LogP contribution in [0.25, 0.3) is 0 Å². The van der Waals surface area contributed by atoms with Crippen LogP contribution in [-0.4, -0.2) is 69.4 Å². The van der Waals surface area contributed by atoms with Crippen molar-refractivity contribution in [1.29, 1.82) is 0 Å².